The summed E-state index contributed by atoms with van der Waals surface area (Å²) in [5, 5.41) is 10.1. The minimum atomic E-state index is -1.04. The van der Waals surface area contributed by atoms with Crippen molar-refractivity contribution in [2.75, 3.05) is 6.61 Å². The van der Waals surface area contributed by atoms with Crippen molar-refractivity contribution in [2.45, 2.75) is 58.4 Å². The summed E-state index contributed by atoms with van der Waals surface area (Å²) >= 11 is 0. The standard InChI is InChI=1S/C30H33NO5/c1-3-4-17-35-28(23-13-9-6-10-14-23)29(32)31-19-24-16-15-21(2)27(25(24)18-26(31)30(33)34)36-20-22-11-7-5-8-12-22/h5-16,26,28H,3-4,17-20H2,1-2H3,(H,33,34)/t26-,28-/m1/s1. The zero-order valence-electron chi connectivity index (χ0n) is 20.9. The van der Waals surface area contributed by atoms with E-state index < -0.39 is 18.1 Å². The van der Waals surface area contributed by atoms with Crippen molar-refractivity contribution >= 4 is 11.9 Å². The molecule has 6 heteroatoms. The van der Waals surface area contributed by atoms with Crippen molar-refractivity contribution in [3.05, 3.63) is 101 Å². The third kappa shape index (κ3) is 5.77. The van der Waals surface area contributed by atoms with E-state index >= 15 is 0 Å². The van der Waals surface area contributed by atoms with Gasteiger partial charge in [-0.25, -0.2) is 4.79 Å². The van der Waals surface area contributed by atoms with Gasteiger partial charge in [0.05, 0.1) is 0 Å². The van der Waals surface area contributed by atoms with Crippen molar-refractivity contribution in [1.29, 1.82) is 0 Å². The van der Waals surface area contributed by atoms with Crippen LogP contribution in [0.2, 0.25) is 0 Å². The fourth-order valence-corrected chi connectivity index (χ4v) is 4.57. The molecule has 2 atom stereocenters. The van der Waals surface area contributed by atoms with Gasteiger partial charge in [0.15, 0.2) is 6.10 Å². The zero-order valence-corrected chi connectivity index (χ0v) is 20.9. The highest BCUT2D eigenvalue weighted by molar-refractivity contribution is 5.88. The largest absolute Gasteiger partial charge is 0.488 e. The number of nitrogens with zero attached hydrogens (tertiary/aromatic N) is 1. The van der Waals surface area contributed by atoms with Crippen molar-refractivity contribution in [2.24, 2.45) is 0 Å². The highest BCUT2D eigenvalue weighted by atomic mass is 16.5. The molecule has 1 aliphatic heterocycles. The lowest BCUT2D eigenvalue weighted by atomic mass is 9.90. The zero-order chi connectivity index (χ0) is 25.5. The molecule has 1 aliphatic rings. The summed E-state index contributed by atoms with van der Waals surface area (Å²) in [7, 11) is 0. The fourth-order valence-electron chi connectivity index (χ4n) is 4.57. The van der Waals surface area contributed by atoms with Gasteiger partial charge in [-0.05, 0) is 35.6 Å². The third-order valence-electron chi connectivity index (χ3n) is 6.57. The Morgan fingerprint density at radius 1 is 1.03 bits per heavy atom. The molecule has 0 aliphatic carbocycles. The first-order valence-electron chi connectivity index (χ1n) is 12.5. The number of aliphatic carboxylic acids is 1. The molecular formula is C30H33NO5. The predicted octanol–water partition coefficient (Wildman–Crippen LogP) is 5.47. The molecule has 0 aromatic heterocycles. The van der Waals surface area contributed by atoms with Crippen molar-refractivity contribution in [3.63, 3.8) is 0 Å². The van der Waals surface area contributed by atoms with Crippen LogP contribution < -0.4 is 4.74 Å². The van der Waals surface area contributed by atoms with Gasteiger partial charge in [-0.3, -0.25) is 4.79 Å². The van der Waals surface area contributed by atoms with Gasteiger partial charge >= 0.3 is 5.97 Å². The molecule has 1 heterocycles. The number of rotatable bonds is 10. The van der Waals surface area contributed by atoms with Crippen LogP contribution in [-0.4, -0.2) is 34.5 Å². The molecule has 36 heavy (non-hydrogen) atoms. The first-order valence-corrected chi connectivity index (χ1v) is 12.5. The quantitative estimate of drug-likeness (QED) is 0.384. The molecule has 0 radical (unpaired) electrons. The Kier molecular flexibility index (Phi) is 8.39. The molecule has 3 aromatic rings. The predicted molar refractivity (Wildman–Crippen MR) is 138 cm³/mol. The Bertz CT molecular complexity index is 1180. The summed E-state index contributed by atoms with van der Waals surface area (Å²) in [5.41, 5.74) is 4.45. The second kappa shape index (κ2) is 11.9. The van der Waals surface area contributed by atoms with Gasteiger partial charge in [-0.15, -0.1) is 0 Å². The molecule has 0 fully saturated rings. The topological polar surface area (TPSA) is 76.1 Å². The number of carbonyl (C=O) groups excluding carboxylic acids is 1. The second-order valence-corrected chi connectivity index (χ2v) is 9.16. The first kappa shape index (κ1) is 25.5. The number of amides is 1. The Hall–Kier alpha value is -3.64. The number of aryl methyl sites for hydroxylation is 1. The normalized spacial score (nSPS) is 15.7. The fraction of sp³-hybridized carbons (Fsp3) is 0.333. The molecular weight excluding hydrogens is 454 g/mol. The van der Waals surface area contributed by atoms with Crippen molar-refractivity contribution in [3.8, 4) is 5.75 Å². The van der Waals surface area contributed by atoms with Crippen LogP contribution in [0.4, 0.5) is 0 Å². The summed E-state index contributed by atoms with van der Waals surface area (Å²) in [6.45, 7) is 5.03. The molecule has 4 rings (SSSR count). The van der Waals surface area contributed by atoms with Crippen molar-refractivity contribution in [1.82, 2.24) is 4.90 Å². The minimum Gasteiger partial charge on any atom is -0.488 e. The number of carboxylic acid groups (broad SMARTS) is 1. The van der Waals surface area contributed by atoms with Crippen LogP contribution in [0.15, 0.2) is 72.8 Å². The van der Waals surface area contributed by atoms with Crippen LogP contribution in [0.5, 0.6) is 5.75 Å². The van der Waals surface area contributed by atoms with E-state index in [4.69, 9.17) is 9.47 Å². The Labute approximate surface area is 212 Å². The van der Waals surface area contributed by atoms with Crippen LogP contribution in [0.25, 0.3) is 0 Å². The third-order valence-corrected chi connectivity index (χ3v) is 6.57. The minimum absolute atomic E-state index is 0.179. The number of hydrogen-bond donors (Lipinski definition) is 1. The molecule has 1 amide bonds. The molecule has 1 N–H and O–H groups in total. The van der Waals surface area contributed by atoms with Crippen LogP contribution in [0.3, 0.4) is 0 Å². The monoisotopic (exact) mass is 487 g/mol. The van der Waals surface area contributed by atoms with Crippen LogP contribution in [-0.2, 0) is 33.9 Å². The molecule has 3 aromatic carbocycles. The summed E-state index contributed by atoms with van der Waals surface area (Å²) in [6.07, 6.45) is 1.10. The number of fused-ring (bicyclic) bond motifs is 1. The number of ether oxygens (including phenoxy) is 2. The number of carboxylic acids is 1. The molecule has 188 valence electrons. The van der Waals surface area contributed by atoms with E-state index in [1.807, 2.05) is 79.7 Å². The first-order chi connectivity index (χ1) is 17.5. The number of carbonyl (C=O) groups is 2. The van der Waals surface area contributed by atoms with Crippen LogP contribution in [0.1, 0.15) is 53.7 Å². The lowest BCUT2D eigenvalue weighted by molar-refractivity contribution is -0.158. The lowest BCUT2D eigenvalue weighted by Crippen LogP contribution is -2.50. The van der Waals surface area contributed by atoms with Crippen LogP contribution >= 0.6 is 0 Å². The van der Waals surface area contributed by atoms with Gasteiger partial charge in [-0.1, -0.05) is 86.1 Å². The molecule has 0 saturated heterocycles. The van der Waals surface area contributed by atoms with E-state index in [2.05, 4.69) is 6.92 Å². The molecule has 0 unspecified atom stereocenters. The van der Waals surface area contributed by atoms with E-state index in [0.29, 0.717) is 19.0 Å². The van der Waals surface area contributed by atoms with Gasteiger partial charge in [0.2, 0.25) is 0 Å². The molecule has 0 bridgehead atoms. The van der Waals surface area contributed by atoms with E-state index in [1.165, 1.54) is 4.90 Å². The molecule has 0 saturated carbocycles. The summed E-state index contributed by atoms with van der Waals surface area (Å²) in [4.78, 5) is 27.6. The Balaban J connectivity index is 1.63. The number of benzene rings is 3. The Morgan fingerprint density at radius 3 is 2.39 bits per heavy atom. The number of unbranched alkanes of at least 4 members (excludes halogenated alkanes) is 1. The SMILES string of the molecule is CCCCO[C@@H](C(=O)N1Cc2ccc(C)c(OCc3ccccc3)c2C[C@@H]1C(=O)O)c1ccccc1. The van der Waals surface area contributed by atoms with E-state index in [1.54, 1.807) is 0 Å². The van der Waals surface area contributed by atoms with Crippen molar-refractivity contribution < 1.29 is 24.2 Å². The maximum atomic E-state index is 13.8. The maximum Gasteiger partial charge on any atom is 0.326 e. The van der Waals surface area contributed by atoms with E-state index in [9.17, 15) is 14.7 Å². The maximum absolute atomic E-state index is 13.8. The van der Waals surface area contributed by atoms with Crippen LogP contribution in [0, 0.1) is 6.92 Å². The lowest BCUT2D eigenvalue weighted by Gasteiger charge is -2.37. The van der Waals surface area contributed by atoms with E-state index in [0.717, 1.165) is 40.7 Å². The average Bonchev–Trinajstić information content (AvgIpc) is 2.90. The molecule has 0 spiro atoms. The average molecular weight is 488 g/mol. The number of hydrogen-bond acceptors (Lipinski definition) is 4. The van der Waals surface area contributed by atoms with Gasteiger partial charge in [-0.2, -0.15) is 0 Å². The summed E-state index contributed by atoms with van der Waals surface area (Å²) in [6, 6.07) is 22.1. The second-order valence-electron chi connectivity index (χ2n) is 9.16. The van der Waals surface area contributed by atoms with Gasteiger partial charge in [0.1, 0.15) is 18.4 Å². The highest BCUT2D eigenvalue weighted by Gasteiger charge is 2.39. The summed E-state index contributed by atoms with van der Waals surface area (Å²) < 4.78 is 12.2. The van der Waals surface area contributed by atoms with E-state index in [-0.39, 0.29) is 18.9 Å². The van der Waals surface area contributed by atoms with Gasteiger partial charge in [0.25, 0.3) is 5.91 Å². The smallest absolute Gasteiger partial charge is 0.326 e. The highest BCUT2D eigenvalue weighted by Crippen LogP contribution is 2.36. The molecule has 6 nitrogen and oxygen atoms in total. The summed E-state index contributed by atoms with van der Waals surface area (Å²) in [5.74, 6) is -0.666. The van der Waals surface area contributed by atoms with Gasteiger partial charge in [0, 0.05) is 25.1 Å². The Morgan fingerprint density at radius 2 is 1.72 bits per heavy atom. The van der Waals surface area contributed by atoms with Gasteiger partial charge < -0.3 is 19.5 Å².